The van der Waals surface area contributed by atoms with Crippen LogP contribution in [0.25, 0.3) is 11.5 Å². The summed E-state index contributed by atoms with van der Waals surface area (Å²) < 4.78 is 35.7. The molecule has 0 radical (unpaired) electrons. The minimum Gasteiger partial charge on any atom is -0.497 e. The lowest BCUT2D eigenvalue weighted by Crippen LogP contribution is -2.38. The lowest BCUT2D eigenvalue weighted by Gasteiger charge is -2.28. The number of sulfonamides is 1. The van der Waals surface area contributed by atoms with Gasteiger partial charge < -0.3 is 9.15 Å². The molecular weight excluding hydrogens is 318 g/mol. The molecule has 23 heavy (non-hydrogen) atoms. The molecule has 0 N–H and O–H groups in total. The average Bonchev–Trinajstić information content (AvgIpc) is 3.04. The number of methoxy groups -OCH3 is 1. The first kappa shape index (κ1) is 15.9. The Hall–Kier alpha value is -1.93. The van der Waals surface area contributed by atoms with Crippen LogP contribution in [0.1, 0.15) is 24.7 Å². The molecule has 0 amide bonds. The lowest BCUT2D eigenvalue weighted by atomic mass is 10.00. The summed E-state index contributed by atoms with van der Waals surface area (Å²) >= 11 is 0. The summed E-state index contributed by atoms with van der Waals surface area (Å²) in [5.41, 5.74) is 0.806. The molecule has 7 nitrogen and oxygen atoms in total. The standard InChI is InChI=1S/C15H19N3O4S/c1-21-13-7-5-11(6-8-13)14-16-17-15(22-14)12-4-3-9-18(10-12)23(2,19)20/h5-8,12H,3-4,9-10H2,1-2H3. The number of nitrogens with zero attached hydrogens (tertiary/aromatic N) is 3. The van der Waals surface area contributed by atoms with Crippen molar-refractivity contribution in [2.75, 3.05) is 26.5 Å². The third kappa shape index (κ3) is 3.53. The van der Waals surface area contributed by atoms with Crippen molar-refractivity contribution in [1.29, 1.82) is 0 Å². The Morgan fingerprint density at radius 2 is 2.00 bits per heavy atom. The van der Waals surface area contributed by atoms with Gasteiger partial charge in [0.1, 0.15) is 5.75 Å². The molecule has 0 aliphatic carbocycles. The van der Waals surface area contributed by atoms with Crippen molar-refractivity contribution in [1.82, 2.24) is 14.5 Å². The second-order valence-corrected chi connectivity index (χ2v) is 7.62. The molecule has 0 bridgehead atoms. The molecule has 1 aromatic heterocycles. The van der Waals surface area contributed by atoms with Gasteiger partial charge in [-0.25, -0.2) is 12.7 Å². The topological polar surface area (TPSA) is 85.5 Å². The number of hydrogen-bond donors (Lipinski definition) is 0. The predicted octanol–water partition coefficient (Wildman–Crippen LogP) is 1.88. The summed E-state index contributed by atoms with van der Waals surface area (Å²) in [4.78, 5) is 0. The minimum atomic E-state index is -3.19. The van der Waals surface area contributed by atoms with Crippen LogP contribution < -0.4 is 4.74 Å². The molecule has 2 aromatic rings. The highest BCUT2D eigenvalue weighted by atomic mass is 32.2. The van der Waals surface area contributed by atoms with E-state index in [1.165, 1.54) is 10.6 Å². The Kier molecular flexibility index (Phi) is 4.36. The van der Waals surface area contributed by atoms with E-state index >= 15 is 0 Å². The Bertz CT molecular complexity index is 770. The fourth-order valence-corrected chi connectivity index (χ4v) is 3.61. The van der Waals surface area contributed by atoms with Gasteiger partial charge in [-0.1, -0.05) is 0 Å². The zero-order chi connectivity index (χ0) is 16.4. The van der Waals surface area contributed by atoms with Crippen molar-refractivity contribution in [2.45, 2.75) is 18.8 Å². The smallest absolute Gasteiger partial charge is 0.247 e. The second-order valence-electron chi connectivity index (χ2n) is 5.63. The summed E-state index contributed by atoms with van der Waals surface area (Å²) in [6, 6.07) is 7.34. The van der Waals surface area contributed by atoms with Crippen LogP contribution in [0.15, 0.2) is 28.7 Å². The van der Waals surface area contributed by atoms with Crippen molar-refractivity contribution in [3.63, 3.8) is 0 Å². The SMILES string of the molecule is COc1ccc(-c2nnc(C3CCCN(S(C)(=O)=O)C3)o2)cc1. The summed E-state index contributed by atoms with van der Waals surface area (Å²) in [5.74, 6) is 1.62. The normalized spacial score (nSPS) is 19.7. The molecule has 1 fully saturated rings. The van der Waals surface area contributed by atoms with Crippen molar-refractivity contribution < 1.29 is 17.6 Å². The lowest BCUT2D eigenvalue weighted by molar-refractivity contribution is 0.287. The number of benzene rings is 1. The Labute approximate surface area is 135 Å². The van der Waals surface area contributed by atoms with E-state index in [-0.39, 0.29) is 5.92 Å². The van der Waals surface area contributed by atoms with Crippen LogP contribution in [0.3, 0.4) is 0 Å². The number of ether oxygens (including phenoxy) is 1. The summed E-state index contributed by atoms with van der Waals surface area (Å²) in [6.07, 6.45) is 2.86. The van der Waals surface area contributed by atoms with E-state index in [1.54, 1.807) is 7.11 Å². The fraction of sp³-hybridized carbons (Fsp3) is 0.467. The molecule has 1 saturated heterocycles. The van der Waals surface area contributed by atoms with Crippen molar-refractivity contribution in [3.05, 3.63) is 30.2 Å². The minimum absolute atomic E-state index is 0.0574. The van der Waals surface area contributed by atoms with E-state index in [2.05, 4.69) is 10.2 Å². The van der Waals surface area contributed by atoms with Gasteiger partial charge in [-0.05, 0) is 37.1 Å². The van der Waals surface area contributed by atoms with E-state index in [4.69, 9.17) is 9.15 Å². The largest absolute Gasteiger partial charge is 0.497 e. The number of rotatable bonds is 4. The van der Waals surface area contributed by atoms with E-state index < -0.39 is 10.0 Å². The van der Waals surface area contributed by atoms with Crippen LogP contribution in [0.5, 0.6) is 5.75 Å². The van der Waals surface area contributed by atoms with Crippen LogP contribution in [0.4, 0.5) is 0 Å². The fourth-order valence-electron chi connectivity index (χ4n) is 2.70. The first-order chi connectivity index (χ1) is 11.0. The van der Waals surface area contributed by atoms with Crippen molar-refractivity contribution in [2.24, 2.45) is 0 Å². The highest BCUT2D eigenvalue weighted by Crippen LogP contribution is 2.29. The predicted molar refractivity (Wildman–Crippen MR) is 84.7 cm³/mol. The molecule has 1 aliphatic rings. The summed E-state index contributed by atoms with van der Waals surface area (Å²) in [5, 5.41) is 8.18. The highest BCUT2D eigenvalue weighted by Gasteiger charge is 2.30. The van der Waals surface area contributed by atoms with Gasteiger partial charge >= 0.3 is 0 Å². The van der Waals surface area contributed by atoms with Gasteiger partial charge in [-0.2, -0.15) is 0 Å². The van der Waals surface area contributed by atoms with E-state index in [0.717, 1.165) is 24.2 Å². The van der Waals surface area contributed by atoms with Crippen LogP contribution in [-0.4, -0.2) is 49.4 Å². The average molecular weight is 337 g/mol. The molecule has 1 aliphatic heterocycles. The number of aromatic nitrogens is 2. The van der Waals surface area contributed by atoms with Crippen LogP contribution in [0.2, 0.25) is 0 Å². The first-order valence-electron chi connectivity index (χ1n) is 7.40. The maximum absolute atomic E-state index is 11.7. The van der Waals surface area contributed by atoms with E-state index in [0.29, 0.717) is 24.9 Å². The first-order valence-corrected chi connectivity index (χ1v) is 9.25. The maximum Gasteiger partial charge on any atom is 0.247 e. The van der Waals surface area contributed by atoms with Crippen molar-refractivity contribution in [3.8, 4) is 17.2 Å². The molecular formula is C15H19N3O4S. The van der Waals surface area contributed by atoms with Gasteiger partial charge in [-0.15, -0.1) is 10.2 Å². The summed E-state index contributed by atoms with van der Waals surface area (Å²) in [6.45, 7) is 0.942. The van der Waals surface area contributed by atoms with Crippen LogP contribution in [-0.2, 0) is 10.0 Å². The highest BCUT2D eigenvalue weighted by molar-refractivity contribution is 7.88. The van der Waals surface area contributed by atoms with Gasteiger partial charge in [0.05, 0.1) is 19.3 Å². The Morgan fingerprint density at radius 1 is 1.26 bits per heavy atom. The third-order valence-electron chi connectivity index (χ3n) is 3.98. The van der Waals surface area contributed by atoms with Crippen LogP contribution >= 0.6 is 0 Å². The zero-order valence-corrected chi connectivity index (χ0v) is 13.9. The monoisotopic (exact) mass is 337 g/mol. The molecule has 0 saturated carbocycles. The van der Waals surface area contributed by atoms with E-state index in [1.807, 2.05) is 24.3 Å². The van der Waals surface area contributed by atoms with Gasteiger partial charge in [0.25, 0.3) is 0 Å². The van der Waals surface area contributed by atoms with Gasteiger partial charge in [0, 0.05) is 18.7 Å². The molecule has 0 spiro atoms. The molecule has 1 unspecified atom stereocenters. The summed E-state index contributed by atoms with van der Waals surface area (Å²) in [7, 11) is -1.58. The van der Waals surface area contributed by atoms with E-state index in [9.17, 15) is 8.42 Å². The number of piperidine rings is 1. The second kappa shape index (κ2) is 6.29. The van der Waals surface area contributed by atoms with Crippen molar-refractivity contribution >= 4 is 10.0 Å². The quantitative estimate of drug-likeness (QED) is 0.847. The van der Waals surface area contributed by atoms with Gasteiger partial charge in [0.2, 0.25) is 21.8 Å². The number of hydrogen-bond acceptors (Lipinski definition) is 6. The third-order valence-corrected chi connectivity index (χ3v) is 5.25. The molecule has 2 heterocycles. The zero-order valence-electron chi connectivity index (χ0n) is 13.1. The molecule has 3 rings (SSSR count). The molecule has 1 aromatic carbocycles. The Morgan fingerprint density at radius 3 is 2.65 bits per heavy atom. The van der Waals surface area contributed by atoms with Gasteiger partial charge in [-0.3, -0.25) is 0 Å². The maximum atomic E-state index is 11.7. The Balaban J connectivity index is 1.78. The molecule has 8 heteroatoms. The molecule has 124 valence electrons. The molecule has 1 atom stereocenters. The van der Waals surface area contributed by atoms with Gasteiger partial charge in [0.15, 0.2) is 0 Å². The van der Waals surface area contributed by atoms with Crippen LogP contribution in [0, 0.1) is 0 Å².